The topological polar surface area (TPSA) is 0 Å². The van der Waals surface area contributed by atoms with E-state index in [1.807, 2.05) is 6.07 Å². The van der Waals surface area contributed by atoms with Gasteiger partial charge in [-0.1, -0.05) is 48.5 Å². The van der Waals surface area contributed by atoms with E-state index in [-0.39, 0.29) is 0 Å². The molecule has 1 aliphatic rings. The summed E-state index contributed by atoms with van der Waals surface area (Å²) in [4.78, 5) is 0. The Kier molecular flexibility index (Phi) is 1.70. The van der Waals surface area contributed by atoms with Crippen LogP contribution in [-0.4, -0.2) is 0 Å². The van der Waals surface area contributed by atoms with Gasteiger partial charge in [0.05, 0.1) is 0 Å². The highest BCUT2D eigenvalue weighted by Crippen LogP contribution is 2.40. The minimum atomic E-state index is 1.13. The molecular formula is C17H9. The first-order valence-electron chi connectivity index (χ1n) is 5.73. The van der Waals surface area contributed by atoms with Crippen LogP contribution < -0.4 is 0 Å². The van der Waals surface area contributed by atoms with E-state index < -0.39 is 0 Å². The lowest BCUT2D eigenvalue weighted by molar-refractivity contribution is 1.57. The quantitative estimate of drug-likeness (QED) is 0.414. The maximum absolute atomic E-state index is 3.29. The van der Waals surface area contributed by atoms with Crippen molar-refractivity contribution in [2.45, 2.75) is 0 Å². The average Bonchev–Trinajstić information content (AvgIpc) is 2.78. The third kappa shape index (κ3) is 1.18. The normalized spacial score (nSPS) is 12.5. The SMILES string of the molecule is [c]1[c]c2ccccc2c2c1-c1ccccc1[CH]2. The number of hydrogen-bond acceptors (Lipinski definition) is 0. The molecule has 1 aliphatic carbocycles. The summed E-state index contributed by atoms with van der Waals surface area (Å²) in [5.74, 6) is 0. The van der Waals surface area contributed by atoms with Gasteiger partial charge in [0.15, 0.2) is 0 Å². The third-order valence-electron chi connectivity index (χ3n) is 3.34. The van der Waals surface area contributed by atoms with Crippen molar-refractivity contribution >= 4 is 10.8 Å². The van der Waals surface area contributed by atoms with Crippen molar-refractivity contribution in [1.29, 1.82) is 0 Å². The van der Waals surface area contributed by atoms with Crippen molar-refractivity contribution in [2.75, 3.05) is 0 Å². The largest absolute Gasteiger partial charge is 0.0619 e. The Labute approximate surface area is 101 Å². The lowest BCUT2D eigenvalue weighted by Crippen LogP contribution is -1.82. The third-order valence-corrected chi connectivity index (χ3v) is 3.34. The maximum Gasteiger partial charge on any atom is 0.0218 e. The Morgan fingerprint density at radius 2 is 1.59 bits per heavy atom. The molecule has 0 nitrogen and oxygen atoms in total. The van der Waals surface area contributed by atoms with Gasteiger partial charge >= 0.3 is 0 Å². The molecule has 0 spiro atoms. The van der Waals surface area contributed by atoms with Crippen molar-refractivity contribution in [2.24, 2.45) is 0 Å². The zero-order valence-corrected chi connectivity index (χ0v) is 9.20. The van der Waals surface area contributed by atoms with Crippen molar-refractivity contribution in [1.82, 2.24) is 0 Å². The first-order valence-corrected chi connectivity index (χ1v) is 5.73. The van der Waals surface area contributed by atoms with Gasteiger partial charge in [-0.2, -0.15) is 0 Å². The molecule has 0 heteroatoms. The average molecular weight is 213 g/mol. The van der Waals surface area contributed by atoms with Crippen molar-refractivity contribution in [3.05, 3.63) is 78.2 Å². The van der Waals surface area contributed by atoms with Gasteiger partial charge in [-0.15, -0.1) is 0 Å². The molecule has 0 amide bonds. The Morgan fingerprint density at radius 1 is 0.765 bits per heavy atom. The minimum Gasteiger partial charge on any atom is -0.0619 e. The van der Waals surface area contributed by atoms with E-state index in [9.17, 15) is 0 Å². The van der Waals surface area contributed by atoms with Crippen LogP contribution in [0.2, 0.25) is 0 Å². The molecule has 0 N–H and O–H groups in total. The summed E-state index contributed by atoms with van der Waals surface area (Å²) in [6.07, 6.45) is 2.25. The molecule has 17 heavy (non-hydrogen) atoms. The van der Waals surface area contributed by atoms with Crippen LogP contribution >= 0.6 is 0 Å². The Hall–Kier alpha value is -2.08. The standard InChI is InChI=1S/C17H9/c1-3-7-14-12(5-1)9-10-16-15-8-4-2-6-13(15)11-17(14)16/h1-8,11H. The lowest BCUT2D eigenvalue weighted by Gasteiger charge is -2.03. The number of hydrogen-bond donors (Lipinski definition) is 0. The fourth-order valence-electron chi connectivity index (χ4n) is 2.53. The van der Waals surface area contributed by atoms with Gasteiger partial charge < -0.3 is 0 Å². The molecule has 0 atom stereocenters. The maximum atomic E-state index is 3.29. The van der Waals surface area contributed by atoms with E-state index in [1.165, 1.54) is 27.6 Å². The minimum absolute atomic E-state index is 1.13. The van der Waals surface area contributed by atoms with Gasteiger partial charge in [0, 0.05) is 6.42 Å². The van der Waals surface area contributed by atoms with Gasteiger partial charge in [0.2, 0.25) is 0 Å². The Morgan fingerprint density at radius 3 is 2.59 bits per heavy atom. The summed E-state index contributed by atoms with van der Waals surface area (Å²) in [5, 5.41) is 2.40. The van der Waals surface area contributed by atoms with E-state index in [1.54, 1.807) is 0 Å². The summed E-state index contributed by atoms with van der Waals surface area (Å²) >= 11 is 0. The monoisotopic (exact) mass is 213 g/mol. The van der Waals surface area contributed by atoms with Gasteiger partial charge in [-0.05, 0) is 45.2 Å². The molecule has 0 saturated heterocycles. The van der Waals surface area contributed by atoms with Crippen LogP contribution in [0.15, 0.2) is 48.5 Å². The van der Waals surface area contributed by atoms with E-state index in [0.29, 0.717) is 0 Å². The predicted octanol–water partition coefficient (Wildman–Crippen LogP) is 4.02. The zero-order valence-electron chi connectivity index (χ0n) is 9.20. The van der Waals surface area contributed by atoms with Crippen LogP contribution in [0.1, 0.15) is 11.1 Å². The van der Waals surface area contributed by atoms with Crippen molar-refractivity contribution in [3.8, 4) is 11.1 Å². The molecule has 3 aromatic carbocycles. The highest BCUT2D eigenvalue weighted by Gasteiger charge is 2.20. The summed E-state index contributed by atoms with van der Waals surface area (Å²) in [6.45, 7) is 0. The van der Waals surface area contributed by atoms with Crippen LogP contribution in [0.3, 0.4) is 0 Å². The summed E-state index contributed by atoms with van der Waals surface area (Å²) in [7, 11) is 0. The second kappa shape index (κ2) is 3.21. The van der Waals surface area contributed by atoms with Gasteiger partial charge in [0.25, 0.3) is 0 Å². The second-order valence-corrected chi connectivity index (χ2v) is 4.32. The Bertz CT molecular complexity index is 723. The van der Waals surface area contributed by atoms with Crippen LogP contribution in [0.25, 0.3) is 21.9 Å². The first-order chi connectivity index (χ1) is 8.43. The summed E-state index contributed by atoms with van der Waals surface area (Å²) in [6, 6.07) is 23.3. The number of benzene rings is 3. The van der Waals surface area contributed by atoms with Gasteiger partial charge in [-0.25, -0.2) is 0 Å². The highest BCUT2D eigenvalue weighted by atomic mass is 14.2. The molecule has 3 aromatic rings. The Balaban J connectivity index is 2.11. The molecule has 0 aromatic heterocycles. The van der Waals surface area contributed by atoms with Gasteiger partial charge in [0.1, 0.15) is 0 Å². The van der Waals surface area contributed by atoms with Crippen LogP contribution in [-0.2, 0) is 0 Å². The molecule has 0 heterocycles. The van der Waals surface area contributed by atoms with Crippen LogP contribution in [0, 0.1) is 18.6 Å². The molecule has 0 unspecified atom stereocenters. The molecule has 4 rings (SSSR count). The van der Waals surface area contributed by atoms with Gasteiger partial charge in [-0.3, -0.25) is 0 Å². The second-order valence-electron chi connectivity index (χ2n) is 4.32. The number of fused-ring (bicyclic) bond motifs is 5. The summed E-state index contributed by atoms with van der Waals surface area (Å²) in [5.41, 5.74) is 5.01. The molecule has 0 bridgehead atoms. The molecule has 3 radical (unpaired) electrons. The van der Waals surface area contributed by atoms with E-state index in [2.05, 4.69) is 61.0 Å². The smallest absolute Gasteiger partial charge is 0.0218 e. The van der Waals surface area contributed by atoms with Crippen molar-refractivity contribution in [3.63, 3.8) is 0 Å². The van der Waals surface area contributed by atoms with Crippen LogP contribution in [0.5, 0.6) is 0 Å². The highest BCUT2D eigenvalue weighted by molar-refractivity contribution is 5.96. The fourth-order valence-corrected chi connectivity index (χ4v) is 2.53. The summed E-state index contributed by atoms with van der Waals surface area (Å²) < 4.78 is 0. The lowest BCUT2D eigenvalue weighted by atomic mass is 9.99. The molecule has 0 fully saturated rings. The zero-order chi connectivity index (χ0) is 11.2. The fraction of sp³-hybridized carbons (Fsp3) is 0. The molecule has 0 saturated carbocycles. The predicted molar refractivity (Wildman–Crippen MR) is 69.6 cm³/mol. The number of rotatable bonds is 0. The van der Waals surface area contributed by atoms with E-state index >= 15 is 0 Å². The molecule has 0 aliphatic heterocycles. The molecular weight excluding hydrogens is 204 g/mol. The van der Waals surface area contributed by atoms with Crippen molar-refractivity contribution < 1.29 is 0 Å². The van der Waals surface area contributed by atoms with E-state index in [0.717, 1.165) is 5.39 Å². The first kappa shape index (κ1) is 9.00. The van der Waals surface area contributed by atoms with Crippen LogP contribution in [0.4, 0.5) is 0 Å². The van der Waals surface area contributed by atoms with E-state index in [4.69, 9.17) is 0 Å². The molecule has 77 valence electrons.